The Labute approximate surface area is 112 Å². The minimum absolute atomic E-state index is 0.194. The fourth-order valence-electron chi connectivity index (χ4n) is 2.28. The largest absolute Gasteiger partial charge is 0.274 e. The van der Waals surface area contributed by atoms with Gasteiger partial charge in [-0.1, -0.05) is 56.2 Å². The van der Waals surface area contributed by atoms with Crippen LogP contribution in [-0.4, -0.2) is 0 Å². The van der Waals surface area contributed by atoms with E-state index in [0.29, 0.717) is 12.0 Å². The Kier molecular flexibility index (Phi) is 4.67. The molecule has 0 aliphatic heterocycles. The summed E-state index contributed by atoms with van der Waals surface area (Å²) in [6.07, 6.45) is 1.75. The molecule has 2 aromatic carbocycles. The first-order chi connectivity index (χ1) is 9.22. The van der Waals surface area contributed by atoms with E-state index in [9.17, 15) is 8.78 Å². The van der Waals surface area contributed by atoms with Gasteiger partial charge in [0, 0.05) is 5.57 Å². The second kappa shape index (κ2) is 6.46. The third kappa shape index (κ3) is 3.40. The van der Waals surface area contributed by atoms with Gasteiger partial charge in [0.05, 0.1) is 0 Å². The zero-order valence-corrected chi connectivity index (χ0v) is 11.1. The predicted octanol–water partition coefficient (Wildman–Crippen LogP) is 6.03. The first kappa shape index (κ1) is 13.7. The highest BCUT2D eigenvalue weighted by atomic mass is 19.3. The molecule has 0 amide bonds. The van der Waals surface area contributed by atoms with E-state index in [0.717, 1.165) is 30.0 Å². The number of hydrogen-bond acceptors (Lipinski definition) is 0. The highest BCUT2D eigenvalue weighted by Gasteiger charge is 2.09. The average Bonchev–Trinajstić information content (AvgIpc) is 2.43. The Morgan fingerprint density at radius 1 is 0.947 bits per heavy atom. The molecule has 0 aliphatic carbocycles. The van der Waals surface area contributed by atoms with Gasteiger partial charge in [0.25, 0.3) is 6.08 Å². The number of fused-ring (bicyclic) bond motifs is 1. The highest BCUT2D eigenvalue weighted by molar-refractivity contribution is 5.86. The molecule has 0 nitrogen and oxygen atoms in total. The van der Waals surface area contributed by atoms with Crippen LogP contribution in [0, 0.1) is 0 Å². The van der Waals surface area contributed by atoms with Gasteiger partial charge in [-0.2, -0.15) is 8.78 Å². The van der Waals surface area contributed by atoms with Crippen molar-refractivity contribution in [1.29, 1.82) is 0 Å². The molecule has 2 heteroatoms. The summed E-state index contributed by atoms with van der Waals surface area (Å²) in [6, 6.07) is 13.4. The Bertz CT molecular complexity index is 581. The fraction of sp³-hybridized carbons (Fsp3) is 0.294. The van der Waals surface area contributed by atoms with Gasteiger partial charge in [0.1, 0.15) is 0 Å². The third-order valence-corrected chi connectivity index (χ3v) is 3.36. The maximum Gasteiger partial charge on any atom is 0.274 e. The van der Waals surface area contributed by atoms with Gasteiger partial charge >= 0.3 is 0 Å². The molecule has 0 spiro atoms. The van der Waals surface area contributed by atoms with E-state index in [1.165, 1.54) is 0 Å². The number of halogens is 2. The summed E-state index contributed by atoms with van der Waals surface area (Å²) in [5.74, 6) is 0. The molecule has 0 fully saturated rings. The summed E-state index contributed by atoms with van der Waals surface area (Å²) < 4.78 is 26.2. The van der Waals surface area contributed by atoms with Crippen LogP contribution in [0.1, 0.15) is 38.2 Å². The normalized spacial score (nSPS) is 10.7. The van der Waals surface area contributed by atoms with Crippen molar-refractivity contribution in [2.75, 3.05) is 0 Å². The van der Waals surface area contributed by atoms with E-state index >= 15 is 0 Å². The number of benzene rings is 2. The molecule has 100 valence electrons. The van der Waals surface area contributed by atoms with Gasteiger partial charge in [-0.3, -0.25) is 0 Å². The number of hydrogen-bond donors (Lipinski definition) is 0. The smallest absolute Gasteiger partial charge is 0.173 e. The van der Waals surface area contributed by atoms with Gasteiger partial charge in [-0.15, -0.1) is 0 Å². The van der Waals surface area contributed by atoms with Crippen molar-refractivity contribution < 1.29 is 8.78 Å². The average molecular weight is 260 g/mol. The monoisotopic (exact) mass is 260 g/mol. The van der Waals surface area contributed by atoms with Crippen LogP contribution in [0.2, 0.25) is 0 Å². The molecule has 0 unspecified atom stereocenters. The molecule has 0 saturated heterocycles. The summed E-state index contributed by atoms with van der Waals surface area (Å²) in [5.41, 5.74) is 0.842. The lowest BCUT2D eigenvalue weighted by atomic mass is 9.98. The van der Waals surface area contributed by atoms with Crippen molar-refractivity contribution in [3.05, 3.63) is 54.1 Å². The molecule has 0 bridgehead atoms. The van der Waals surface area contributed by atoms with Crippen molar-refractivity contribution in [2.24, 2.45) is 0 Å². The third-order valence-electron chi connectivity index (χ3n) is 3.36. The molecule has 0 saturated carbocycles. The molecule has 2 rings (SSSR count). The van der Waals surface area contributed by atoms with Crippen LogP contribution in [0.3, 0.4) is 0 Å². The summed E-state index contributed by atoms with van der Waals surface area (Å²) >= 11 is 0. The van der Waals surface area contributed by atoms with E-state index in [-0.39, 0.29) is 5.57 Å². The van der Waals surface area contributed by atoms with Gasteiger partial charge in [0.2, 0.25) is 0 Å². The molecule has 0 N–H and O–H groups in total. The molecular formula is C17H18F2. The van der Waals surface area contributed by atoms with Gasteiger partial charge in [-0.25, -0.2) is 0 Å². The number of rotatable bonds is 5. The van der Waals surface area contributed by atoms with Crippen LogP contribution in [0.4, 0.5) is 8.78 Å². The second-order valence-corrected chi connectivity index (χ2v) is 4.76. The molecule has 0 heterocycles. The fourth-order valence-corrected chi connectivity index (χ4v) is 2.28. The molecule has 2 aromatic rings. The van der Waals surface area contributed by atoms with Crippen LogP contribution in [0.15, 0.2) is 48.5 Å². The summed E-state index contributed by atoms with van der Waals surface area (Å²) in [4.78, 5) is 0. The van der Waals surface area contributed by atoms with Crippen LogP contribution >= 0.6 is 0 Å². The lowest BCUT2D eigenvalue weighted by Gasteiger charge is -2.08. The molecular weight excluding hydrogens is 242 g/mol. The quantitative estimate of drug-likeness (QED) is 0.576. The van der Waals surface area contributed by atoms with Crippen molar-refractivity contribution in [3.8, 4) is 0 Å². The van der Waals surface area contributed by atoms with Crippen molar-refractivity contribution in [3.63, 3.8) is 0 Å². The molecule has 0 aromatic heterocycles. The van der Waals surface area contributed by atoms with Crippen molar-refractivity contribution >= 4 is 16.3 Å². The minimum atomic E-state index is -1.55. The van der Waals surface area contributed by atoms with E-state index in [1.807, 2.05) is 36.4 Å². The number of unbranched alkanes of at least 4 members (excludes halogenated alkanes) is 2. The first-order valence-electron chi connectivity index (χ1n) is 6.75. The SMILES string of the molecule is CCCCCC(=C(F)F)c1ccc2ccccc2c1. The lowest BCUT2D eigenvalue weighted by Crippen LogP contribution is -1.88. The Morgan fingerprint density at radius 2 is 1.68 bits per heavy atom. The van der Waals surface area contributed by atoms with Gasteiger partial charge < -0.3 is 0 Å². The summed E-state index contributed by atoms with van der Waals surface area (Å²) in [6.45, 7) is 2.07. The van der Waals surface area contributed by atoms with Crippen molar-refractivity contribution in [2.45, 2.75) is 32.6 Å². The van der Waals surface area contributed by atoms with E-state index < -0.39 is 6.08 Å². The summed E-state index contributed by atoms with van der Waals surface area (Å²) in [7, 11) is 0. The molecule has 0 atom stereocenters. The highest BCUT2D eigenvalue weighted by Crippen LogP contribution is 2.29. The van der Waals surface area contributed by atoms with E-state index in [2.05, 4.69) is 6.92 Å². The predicted molar refractivity (Wildman–Crippen MR) is 77.2 cm³/mol. The van der Waals surface area contributed by atoms with Crippen molar-refractivity contribution in [1.82, 2.24) is 0 Å². The first-order valence-corrected chi connectivity index (χ1v) is 6.75. The number of allylic oxidation sites excluding steroid dienone is 1. The summed E-state index contributed by atoms with van der Waals surface area (Å²) in [5, 5.41) is 2.09. The Hall–Kier alpha value is -1.70. The van der Waals surface area contributed by atoms with Crippen LogP contribution in [-0.2, 0) is 0 Å². The Balaban J connectivity index is 2.32. The zero-order chi connectivity index (χ0) is 13.7. The Morgan fingerprint density at radius 3 is 2.37 bits per heavy atom. The van der Waals surface area contributed by atoms with E-state index in [1.54, 1.807) is 6.07 Å². The van der Waals surface area contributed by atoms with Gasteiger partial charge in [0.15, 0.2) is 0 Å². The van der Waals surface area contributed by atoms with Crippen LogP contribution in [0.25, 0.3) is 16.3 Å². The second-order valence-electron chi connectivity index (χ2n) is 4.76. The molecule has 0 aliphatic rings. The van der Waals surface area contributed by atoms with Gasteiger partial charge in [-0.05, 0) is 35.2 Å². The van der Waals surface area contributed by atoms with Crippen LogP contribution < -0.4 is 0 Å². The molecule has 0 radical (unpaired) electrons. The molecule has 19 heavy (non-hydrogen) atoms. The lowest BCUT2D eigenvalue weighted by molar-refractivity contribution is 0.422. The topological polar surface area (TPSA) is 0 Å². The standard InChI is InChI=1S/C17H18F2/c1-2-3-4-9-16(17(18)19)15-11-10-13-7-5-6-8-14(13)12-15/h5-8,10-12H,2-4,9H2,1H3. The maximum absolute atomic E-state index is 13.1. The van der Waals surface area contributed by atoms with E-state index in [4.69, 9.17) is 0 Å². The minimum Gasteiger partial charge on any atom is -0.173 e. The zero-order valence-electron chi connectivity index (χ0n) is 11.1. The maximum atomic E-state index is 13.1. The van der Waals surface area contributed by atoms with Crippen LogP contribution in [0.5, 0.6) is 0 Å².